The van der Waals surface area contributed by atoms with Gasteiger partial charge in [0.05, 0.1) is 10.9 Å². The zero-order chi connectivity index (χ0) is 23.7. The molecule has 0 radical (unpaired) electrons. The van der Waals surface area contributed by atoms with E-state index in [1.807, 2.05) is 6.92 Å². The Labute approximate surface area is 201 Å². The number of benzene rings is 2. The molecule has 1 amide bonds. The lowest BCUT2D eigenvalue weighted by molar-refractivity contribution is -0.126. The minimum absolute atomic E-state index is 0.00148. The molecule has 8 heteroatoms. The molecule has 0 aromatic heterocycles. The van der Waals surface area contributed by atoms with E-state index in [0.717, 1.165) is 18.4 Å². The average molecular weight is 485 g/mol. The number of nitrogens with one attached hydrogen (secondary N) is 1. The van der Waals surface area contributed by atoms with E-state index in [0.29, 0.717) is 50.6 Å². The summed E-state index contributed by atoms with van der Waals surface area (Å²) in [5.74, 6) is 0.833. The number of carbonyl (C=O) groups excluding carboxylic acids is 1. The van der Waals surface area contributed by atoms with Gasteiger partial charge in [-0.15, -0.1) is 0 Å². The summed E-state index contributed by atoms with van der Waals surface area (Å²) in [5, 5.41) is 3.15. The summed E-state index contributed by atoms with van der Waals surface area (Å²) >= 11 is 0. The molecule has 1 saturated heterocycles. The predicted octanol–water partition coefficient (Wildman–Crippen LogP) is 3.61. The molecule has 0 spiro atoms. The summed E-state index contributed by atoms with van der Waals surface area (Å²) in [6.07, 6.45) is 5.75. The fourth-order valence-electron chi connectivity index (χ4n) is 5.13. The minimum Gasteiger partial charge on any atom is -0.486 e. The van der Waals surface area contributed by atoms with E-state index in [-0.39, 0.29) is 22.8 Å². The molecule has 1 atom stereocenters. The summed E-state index contributed by atoms with van der Waals surface area (Å²) in [6.45, 7) is 3.52. The largest absolute Gasteiger partial charge is 0.486 e. The fourth-order valence-corrected chi connectivity index (χ4v) is 6.61. The van der Waals surface area contributed by atoms with Crippen LogP contribution in [0.15, 0.2) is 41.3 Å². The van der Waals surface area contributed by atoms with Gasteiger partial charge in [0.2, 0.25) is 15.9 Å². The first-order chi connectivity index (χ1) is 16.4. The number of hydrogen-bond donors (Lipinski definition) is 1. The molecular formula is C26H32N2O5S. The van der Waals surface area contributed by atoms with Crippen LogP contribution in [0.3, 0.4) is 0 Å². The van der Waals surface area contributed by atoms with Crippen LogP contribution in [0.1, 0.15) is 55.3 Å². The number of fused-ring (bicyclic) bond motifs is 2. The Morgan fingerprint density at radius 3 is 2.44 bits per heavy atom. The molecule has 7 nitrogen and oxygen atoms in total. The zero-order valence-corrected chi connectivity index (χ0v) is 20.4. The van der Waals surface area contributed by atoms with Crippen molar-refractivity contribution in [3.8, 4) is 11.5 Å². The zero-order valence-electron chi connectivity index (χ0n) is 19.6. The van der Waals surface area contributed by atoms with Crippen molar-refractivity contribution in [2.24, 2.45) is 5.92 Å². The second-order valence-corrected chi connectivity index (χ2v) is 11.4. The number of carbonyl (C=O) groups is 1. The third-order valence-corrected chi connectivity index (χ3v) is 9.10. The van der Waals surface area contributed by atoms with Gasteiger partial charge >= 0.3 is 0 Å². The Hall–Kier alpha value is -2.58. The molecule has 2 aromatic rings. The first-order valence-corrected chi connectivity index (χ1v) is 13.7. The molecule has 0 saturated carbocycles. The average Bonchev–Trinajstić information content (AvgIpc) is 2.88. The lowest BCUT2D eigenvalue weighted by atomic mass is 9.89. The van der Waals surface area contributed by atoms with Crippen molar-refractivity contribution in [3.05, 3.63) is 53.1 Å². The molecular weight excluding hydrogens is 452 g/mol. The number of nitrogens with zero attached hydrogens (tertiary/aromatic N) is 1. The number of ether oxygens (including phenoxy) is 2. The highest BCUT2D eigenvalue weighted by Crippen LogP contribution is 2.34. The normalized spacial score (nSPS) is 19.8. The topological polar surface area (TPSA) is 84.9 Å². The third-order valence-electron chi connectivity index (χ3n) is 7.21. The van der Waals surface area contributed by atoms with Crippen LogP contribution in [-0.4, -0.2) is 44.9 Å². The molecule has 3 aliphatic rings. The molecule has 5 rings (SSSR count). The molecule has 2 aliphatic heterocycles. The first-order valence-electron chi connectivity index (χ1n) is 12.2. The van der Waals surface area contributed by atoms with Crippen molar-refractivity contribution in [2.75, 3.05) is 26.3 Å². The van der Waals surface area contributed by atoms with Crippen molar-refractivity contribution in [1.29, 1.82) is 0 Å². The second kappa shape index (κ2) is 9.58. The Balaban J connectivity index is 1.19. The van der Waals surface area contributed by atoms with Crippen LogP contribution in [0.25, 0.3) is 0 Å². The molecule has 182 valence electrons. The van der Waals surface area contributed by atoms with Gasteiger partial charge < -0.3 is 14.8 Å². The van der Waals surface area contributed by atoms with Crippen molar-refractivity contribution >= 4 is 15.9 Å². The molecule has 0 bridgehead atoms. The quantitative estimate of drug-likeness (QED) is 0.701. The van der Waals surface area contributed by atoms with Gasteiger partial charge in [0.15, 0.2) is 11.5 Å². The van der Waals surface area contributed by atoms with E-state index in [4.69, 9.17) is 9.47 Å². The summed E-state index contributed by atoms with van der Waals surface area (Å²) in [4.78, 5) is 13.1. The number of rotatable bonds is 5. The molecule has 1 aliphatic carbocycles. The number of aryl methyl sites for hydroxylation is 2. The SMILES string of the molecule is C[C@H](NC(=O)C1CCN(S(=O)(=O)c2ccc3c(c2)OCCO3)CC1)c1ccc2c(c1)CCCC2. The second-order valence-electron chi connectivity index (χ2n) is 9.45. The van der Waals surface area contributed by atoms with Crippen LogP contribution in [-0.2, 0) is 27.7 Å². The minimum atomic E-state index is -3.65. The molecule has 34 heavy (non-hydrogen) atoms. The fraction of sp³-hybridized carbons (Fsp3) is 0.500. The molecule has 1 fully saturated rings. The highest BCUT2D eigenvalue weighted by molar-refractivity contribution is 7.89. The van der Waals surface area contributed by atoms with Crippen molar-refractivity contribution < 1.29 is 22.7 Å². The summed E-state index contributed by atoms with van der Waals surface area (Å²) in [5.41, 5.74) is 3.97. The van der Waals surface area contributed by atoms with Gasteiger partial charge in [0.1, 0.15) is 13.2 Å². The maximum atomic E-state index is 13.2. The van der Waals surface area contributed by atoms with E-state index in [9.17, 15) is 13.2 Å². The standard InChI is InChI=1S/C26H32N2O5S/c1-18(21-7-6-19-4-2-3-5-22(19)16-21)27-26(29)20-10-12-28(13-11-20)34(30,31)23-8-9-24-25(17-23)33-15-14-32-24/h6-9,16-18,20H,2-5,10-15H2,1H3,(H,27,29)/t18-/m0/s1. The highest BCUT2D eigenvalue weighted by Gasteiger charge is 2.33. The Kier molecular flexibility index (Phi) is 6.53. The predicted molar refractivity (Wildman–Crippen MR) is 129 cm³/mol. The first kappa shape index (κ1) is 23.2. The van der Waals surface area contributed by atoms with Gasteiger partial charge in [-0.25, -0.2) is 8.42 Å². The molecule has 0 unspecified atom stereocenters. The van der Waals surface area contributed by atoms with Crippen molar-refractivity contribution in [1.82, 2.24) is 9.62 Å². The van der Waals surface area contributed by atoms with Gasteiger partial charge in [0, 0.05) is 25.1 Å². The van der Waals surface area contributed by atoms with Crippen LogP contribution < -0.4 is 14.8 Å². The van der Waals surface area contributed by atoms with Crippen molar-refractivity contribution in [3.63, 3.8) is 0 Å². The Morgan fingerprint density at radius 1 is 0.971 bits per heavy atom. The summed E-state index contributed by atoms with van der Waals surface area (Å²) < 4.78 is 38.8. The van der Waals surface area contributed by atoms with Gasteiger partial charge in [-0.1, -0.05) is 18.2 Å². The number of piperidine rings is 1. The van der Waals surface area contributed by atoms with Gasteiger partial charge in [-0.2, -0.15) is 4.31 Å². The number of hydrogen-bond acceptors (Lipinski definition) is 5. The van der Waals surface area contributed by atoms with Gasteiger partial charge in [-0.05, 0) is 74.3 Å². The number of amides is 1. The smallest absolute Gasteiger partial charge is 0.243 e. The third kappa shape index (κ3) is 4.66. The van der Waals surface area contributed by atoms with E-state index < -0.39 is 10.0 Å². The van der Waals surface area contributed by atoms with E-state index in [1.54, 1.807) is 12.1 Å². The van der Waals surface area contributed by atoms with Crippen LogP contribution in [0.4, 0.5) is 0 Å². The summed E-state index contributed by atoms with van der Waals surface area (Å²) in [7, 11) is -3.65. The lowest BCUT2D eigenvalue weighted by Crippen LogP contribution is -2.43. The lowest BCUT2D eigenvalue weighted by Gasteiger charge is -2.31. The maximum Gasteiger partial charge on any atom is 0.243 e. The van der Waals surface area contributed by atoms with Gasteiger partial charge in [0.25, 0.3) is 0 Å². The highest BCUT2D eigenvalue weighted by atomic mass is 32.2. The van der Waals surface area contributed by atoms with Crippen molar-refractivity contribution in [2.45, 2.75) is 56.4 Å². The van der Waals surface area contributed by atoms with Crippen LogP contribution in [0, 0.1) is 5.92 Å². The van der Waals surface area contributed by atoms with Crippen LogP contribution in [0.5, 0.6) is 11.5 Å². The number of sulfonamides is 1. The molecule has 1 N–H and O–H groups in total. The molecule has 2 aromatic carbocycles. The van der Waals surface area contributed by atoms with E-state index in [1.165, 1.54) is 34.3 Å². The maximum absolute atomic E-state index is 13.2. The Morgan fingerprint density at radius 2 is 1.68 bits per heavy atom. The van der Waals surface area contributed by atoms with E-state index in [2.05, 4.69) is 23.5 Å². The Bertz CT molecular complexity index is 1170. The van der Waals surface area contributed by atoms with Gasteiger partial charge in [-0.3, -0.25) is 4.79 Å². The van der Waals surface area contributed by atoms with E-state index >= 15 is 0 Å². The van der Waals surface area contributed by atoms with Crippen LogP contribution in [0.2, 0.25) is 0 Å². The monoisotopic (exact) mass is 484 g/mol. The molecule has 2 heterocycles. The van der Waals surface area contributed by atoms with Crippen LogP contribution >= 0.6 is 0 Å². The summed E-state index contributed by atoms with van der Waals surface area (Å²) in [6, 6.07) is 11.2.